The van der Waals surface area contributed by atoms with E-state index >= 15 is 0 Å². The van der Waals surface area contributed by atoms with Crippen molar-refractivity contribution in [2.24, 2.45) is 0 Å². The van der Waals surface area contributed by atoms with Gasteiger partial charge >= 0.3 is 0 Å². The highest BCUT2D eigenvalue weighted by Gasteiger charge is 2.09. The first-order chi connectivity index (χ1) is 4.61. The van der Waals surface area contributed by atoms with Crippen molar-refractivity contribution in [3.63, 3.8) is 0 Å². The van der Waals surface area contributed by atoms with Gasteiger partial charge < -0.3 is 4.42 Å². The van der Waals surface area contributed by atoms with E-state index in [9.17, 15) is 0 Å². The van der Waals surface area contributed by atoms with Crippen LogP contribution < -0.4 is 0 Å². The van der Waals surface area contributed by atoms with Crippen LogP contribution in [0.1, 0.15) is 31.2 Å². The number of halogens is 1. The zero-order valence-electron chi connectivity index (χ0n) is 6.31. The van der Waals surface area contributed by atoms with Gasteiger partial charge in [-0.2, -0.15) is 0 Å². The molecule has 1 aromatic heterocycles. The minimum absolute atomic E-state index is 0.440. The molecule has 0 bridgehead atoms. The van der Waals surface area contributed by atoms with Gasteiger partial charge in [-0.3, -0.25) is 0 Å². The van der Waals surface area contributed by atoms with Gasteiger partial charge in [0.15, 0.2) is 0 Å². The van der Waals surface area contributed by atoms with Crippen molar-refractivity contribution in [1.29, 1.82) is 0 Å². The molecule has 0 unspecified atom stereocenters. The molecule has 0 atom stereocenters. The van der Waals surface area contributed by atoms with Crippen LogP contribution in [0.15, 0.2) is 9.22 Å². The van der Waals surface area contributed by atoms with Crippen LogP contribution in [-0.4, -0.2) is 4.98 Å². The normalized spacial score (nSPS) is 10.9. The van der Waals surface area contributed by atoms with Crippen molar-refractivity contribution < 1.29 is 4.42 Å². The molecular formula is C7H10BrNO. The lowest BCUT2D eigenvalue weighted by atomic mass is 10.1. The summed E-state index contributed by atoms with van der Waals surface area (Å²) >= 11 is 3.17. The molecular weight excluding hydrogens is 194 g/mol. The maximum atomic E-state index is 5.18. The van der Waals surface area contributed by atoms with Gasteiger partial charge in [0.1, 0.15) is 5.76 Å². The smallest absolute Gasteiger partial charge is 0.264 e. The van der Waals surface area contributed by atoms with Gasteiger partial charge in [-0.05, 0) is 12.8 Å². The summed E-state index contributed by atoms with van der Waals surface area (Å²) in [7, 11) is 0. The molecule has 10 heavy (non-hydrogen) atoms. The summed E-state index contributed by atoms with van der Waals surface area (Å²) in [5, 5.41) is 0. The number of rotatable bonds is 1. The Bertz CT molecular complexity index is 230. The third kappa shape index (κ3) is 1.40. The highest BCUT2D eigenvalue weighted by atomic mass is 79.9. The third-order valence-electron chi connectivity index (χ3n) is 1.35. The lowest BCUT2D eigenvalue weighted by Gasteiger charge is -1.97. The highest BCUT2D eigenvalue weighted by Crippen LogP contribution is 2.21. The van der Waals surface area contributed by atoms with Crippen LogP contribution in [0.2, 0.25) is 0 Å². The molecule has 0 aliphatic rings. The van der Waals surface area contributed by atoms with Gasteiger partial charge in [0, 0.05) is 15.9 Å². The Morgan fingerprint density at radius 3 is 2.30 bits per heavy atom. The summed E-state index contributed by atoms with van der Waals surface area (Å²) in [4.78, 5) is 4.74. The summed E-state index contributed by atoms with van der Waals surface area (Å²) in [5.74, 6) is 1.34. The van der Waals surface area contributed by atoms with E-state index in [0.29, 0.717) is 10.7 Å². The Balaban J connectivity index is 3.03. The topological polar surface area (TPSA) is 26.0 Å². The monoisotopic (exact) mass is 203 g/mol. The van der Waals surface area contributed by atoms with Gasteiger partial charge in [-0.25, -0.2) is 4.98 Å². The summed E-state index contributed by atoms with van der Waals surface area (Å²) < 4.78 is 5.18. The van der Waals surface area contributed by atoms with E-state index < -0.39 is 0 Å². The lowest BCUT2D eigenvalue weighted by Crippen LogP contribution is -1.88. The molecule has 1 rings (SSSR count). The van der Waals surface area contributed by atoms with E-state index in [2.05, 4.69) is 34.8 Å². The van der Waals surface area contributed by atoms with Crippen LogP contribution in [0, 0.1) is 6.92 Å². The number of hydrogen-bond donors (Lipinski definition) is 0. The summed E-state index contributed by atoms with van der Waals surface area (Å²) in [6, 6.07) is 0. The number of aryl methyl sites for hydroxylation is 1. The molecule has 1 heterocycles. The molecule has 3 heteroatoms. The lowest BCUT2D eigenvalue weighted by molar-refractivity contribution is 0.497. The average molecular weight is 204 g/mol. The molecule has 0 aromatic carbocycles. The fourth-order valence-corrected chi connectivity index (χ4v) is 1.34. The predicted octanol–water partition coefficient (Wildman–Crippen LogP) is 2.87. The maximum Gasteiger partial charge on any atom is 0.264 e. The van der Waals surface area contributed by atoms with Gasteiger partial charge in [0.25, 0.3) is 4.80 Å². The van der Waals surface area contributed by atoms with E-state index in [4.69, 9.17) is 4.42 Å². The molecule has 0 radical (unpaired) electrons. The zero-order chi connectivity index (χ0) is 7.72. The fraction of sp³-hybridized carbons (Fsp3) is 0.571. The van der Waals surface area contributed by atoms with Crippen LogP contribution >= 0.6 is 15.9 Å². The second-order valence-corrected chi connectivity index (χ2v) is 3.24. The van der Waals surface area contributed by atoms with Crippen LogP contribution in [-0.2, 0) is 0 Å². The largest absolute Gasteiger partial charge is 0.436 e. The molecule has 0 spiro atoms. The van der Waals surface area contributed by atoms with Crippen LogP contribution in [0.5, 0.6) is 0 Å². The minimum atomic E-state index is 0.440. The number of nitrogens with zero attached hydrogens (tertiary/aromatic N) is 1. The van der Waals surface area contributed by atoms with Crippen LogP contribution in [0.3, 0.4) is 0 Å². The Kier molecular flexibility index (Phi) is 2.14. The average Bonchev–Trinajstić information content (AvgIpc) is 2.10. The molecule has 0 amide bonds. The first kappa shape index (κ1) is 7.79. The van der Waals surface area contributed by atoms with Crippen molar-refractivity contribution in [2.45, 2.75) is 26.7 Å². The van der Waals surface area contributed by atoms with Crippen molar-refractivity contribution in [3.8, 4) is 0 Å². The van der Waals surface area contributed by atoms with E-state index in [1.165, 1.54) is 0 Å². The quantitative estimate of drug-likeness (QED) is 0.702. The van der Waals surface area contributed by atoms with E-state index in [1.54, 1.807) is 0 Å². The van der Waals surface area contributed by atoms with Gasteiger partial charge in [-0.1, -0.05) is 13.8 Å². The van der Waals surface area contributed by atoms with Crippen molar-refractivity contribution >= 4 is 15.9 Å². The van der Waals surface area contributed by atoms with Gasteiger partial charge in [0.2, 0.25) is 0 Å². The minimum Gasteiger partial charge on any atom is -0.436 e. The Hall–Kier alpha value is -0.310. The van der Waals surface area contributed by atoms with Crippen molar-refractivity contribution in [1.82, 2.24) is 4.98 Å². The zero-order valence-corrected chi connectivity index (χ0v) is 7.90. The molecule has 0 aliphatic heterocycles. The maximum absolute atomic E-state index is 5.18. The van der Waals surface area contributed by atoms with Crippen LogP contribution in [0.25, 0.3) is 0 Å². The first-order valence-electron chi connectivity index (χ1n) is 3.24. The van der Waals surface area contributed by atoms with Crippen LogP contribution in [0.4, 0.5) is 0 Å². The third-order valence-corrected chi connectivity index (χ3v) is 1.69. The van der Waals surface area contributed by atoms with E-state index in [1.807, 2.05) is 6.92 Å². The molecule has 56 valence electrons. The molecule has 0 saturated heterocycles. The highest BCUT2D eigenvalue weighted by molar-refractivity contribution is 9.10. The number of hydrogen-bond acceptors (Lipinski definition) is 2. The summed E-state index contributed by atoms with van der Waals surface area (Å²) in [6.45, 7) is 6.11. The SMILES string of the molecule is Cc1oc(Br)nc1C(C)C. The Labute approximate surface area is 68.8 Å². The molecule has 0 N–H and O–H groups in total. The second-order valence-electron chi connectivity index (χ2n) is 2.56. The standard InChI is InChI=1S/C7H10BrNO/c1-4(2)6-5(3)10-7(8)9-6/h4H,1-3H3. The molecule has 2 nitrogen and oxygen atoms in total. The first-order valence-corrected chi connectivity index (χ1v) is 4.03. The fourth-order valence-electron chi connectivity index (χ4n) is 0.910. The number of oxazole rings is 1. The van der Waals surface area contributed by atoms with E-state index in [-0.39, 0.29) is 0 Å². The van der Waals surface area contributed by atoms with Crippen molar-refractivity contribution in [3.05, 3.63) is 16.3 Å². The summed E-state index contributed by atoms with van der Waals surface area (Å²) in [6.07, 6.45) is 0. The second kappa shape index (κ2) is 2.74. The Morgan fingerprint density at radius 1 is 1.50 bits per heavy atom. The van der Waals surface area contributed by atoms with Gasteiger partial charge in [0.05, 0.1) is 5.69 Å². The summed E-state index contributed by atoms with van der Waals surface area (Å²) in [5.41, 5.74) is 1.03. The van der Waals surface area contributed by atoms with E-state index in [0.717, 1.165) is 11.5 Å². The van der Waals surface area contributed by atoms with Crippen molar-refractivity contribution in [2.75, 3.05) is 0 Å². The predicted molar refractivity (Wildman–Crippen MR) is 43.0 cm³/mol. The molecule has 0 fully saturated rings. The number of aromatic nitrogens is 1. The molecule has 0 aliphatic carbocycles. The van der Waals surface area contributed by atoms with Gasteiger partial charge in [-0.15, -0.1) is 0 Å². The molecule has 0 saturated carbocycles. The molecule has 1 aromatic rings. The Morgan fingerprint density at radius 2 is 2.10 bits per heavy atom.